The van der Waals surface area contributed by atoms with Crippen LogP contribution in [0.5, 0.6) is 11.5 Å². The molecule has 0 aromatic heterocycles. The molecule has 0 bridgehead atoms. The summed E-state index contributed by atoms with van der Waals surface area (Å²) in [5, 5.41) is 32.8. The lowest BCUT2D eigenvalue weighted by Crippen LogP contribution is -2.23. The van der Waals surface area contributed by atoms with Crippen molar-refractivity contribution in [2.45, 2.75) is 82.5 Å². The van der Waals surface area contributed by atoms with Gasteiger partial charge in [0.05, 0.1) is 6.61 Å². The lowest BCUT2D eigenvalue weighted by atomic mass is 9.71. The minimum atomic E-state index is -0.147. The highest BCUT2D eigenvalue weighted by Gasteiger charge is 2.37. The number of rotatable bonds is 9. The molecular formula is C26H37BrO3. The van der Waals surface area contributed by atoms with Crippen LogP contribution in [0.4, 0.5) is 0 Å². The number of unbranched alkanes of at least 4 members (excludes halogenated alkanes) is 2. The van der Waals surface area contributed by atoms with Crippen molar-refractivity contribution in [1.29, 1.82) is 0 Å². The Morgan fingerprint density at radius 3 is 2.37 bits per heavy atom. The van der Waals surface area contributed by atoms with E-state index in [1.807, 2.05) is 25.1 Å². The summed E-state index contributed by atoms with van der Waals surface area (Å²) in [6, 6.07) is 3.84. The summed E-state index contributed by atoms with van der Waals surface area (Å²) in [5.41, 5.74) is 3.78. The van der Waals surface area contributed by atoms with Gasteiger partial charge in [-0.1, -0.05) is 59.8 Å². The maximum absolute atomic E-state index is 11.1. The first-order valence-corrected chi connectivity index (χ1v) is 12.6. The summed E-state index contributed by atoms with van der Waals surface area (Å²) in [7, 11) is 0. The molecule has 3 N–H and O–H groups in total. The number of benzene rings is 1. The summed E-state index contributed by atoms with van der Waals surface area (Å²) < 4.78 is 0. The monoisotopic (exact) mass is 476 g/mol. The molecule has 166 valence electrons. The van der Waals surface area contributed by atoms with Gasteiger partial charge in [-0.2, -0.15) is 0 Å². The normalized spacial score (nSPS) is 23.4. The zero-order valence-corrected chi connectivity index (χ0v) is 19.9. The molecule has 30 heavy (non-hydrogen) atoms. The lowest BCUT2D eigenvalue weighted by molar-refractivity contribution is 0.314. The van der Waals surface area contributed by atoms with Gasteiger partial charge in [0.1, 0.15) is 11.5 Å². The number of aromatic hydroxyl groups is 2. The molecule has 0 heterocycles. The molecule has 0 radical (unpaired) electrons. The van der Waals surface area contributed by atoms with E-state index in [1.54, 1.807) is 0 Å². The van der Waals surface area contributed by atoms with Crippen molar-refractivity contribution in [3.63, 3.8) is 0 Å². The van der Waals surface area contributed by atoms with Crippen LogP contribution in [-0.4, -0.2) is 27.3 Å². The number of aliphatic hydroxyl groups is 1. The van der Waals surface area contributed by atoms with Crippen LogP contribution in [0.25, 0.3) is 0 Å². The molecule has 2 aliphatic carbocycles. The summed E-state index contributed by atoms with van der Waals surface area (Å²) in [6.07, 6.45) is 13.1. The van der Waals surface area contributed by atoms with Crippen LogP contribution in [0.3, 0.4) is 0 Å². The molecule has 0 saturated heterocycles. The van der Waals surface area contributed by atoms with E-state index in [0.29, 0.717) is 5.56 Å². The number of hydrogen-bond acceptors (Lipinski definition) is 3. The van der Waals surface area contributed by atoms with E-state index in [0.717, 1.165) is 54.1 Å². The molecule has 4 heteroatoms. The Balaban J connectivity index is 1.95. The van der Waals surface area contributed by atoms with Crippen molar-refractivity contribution in [1.82, 2.24) is 0 Å². The number of aliphatic hydroxyl groups excluding tert-OH is 1. The van der Waals surface area contributed by atoms with Crippen molar-refractivity contribution < 1.29 is 15.3 Å². The quantitative estimate of drug-likeness (QED) is 0.207. The van der Waals surface area contributed by atoms with Crippen LogP contribution in [0.2, 0.25) is 0 Å². The molecule has 0 spiro atoms. The van der Waals surface area contributed by atoms with Gasteiger partial charge in [-0.05, 0) is 80.1 Å². The number of allylic oxidation sites excluding steroid dienone is 2. The Labute approximate surface area is 190 Å². The zero-order valence-electron chi connectivity index (χ0n) is 18.3. The number of alkyl halides is 1. The number of phenolic OH excluding ortho intramolecular Hbond substituents is 2. The number of phenols is 2. The van der Waals surface area contributed by atoms with Gasteiger partial charge in [-0.15, -0.1) is 0 Å². The largest absolute Gasteiger partial charge is 0.507 e. The highest BCUT2D eigenvalue weighted by atomic mass is 79.9. The molecule has 2 atom stereocenters. The van der Waals surface area contributed by atoms with E-state index in [2.05, 4.69) is 22.5 Å². The molecular weight excluding hydrogens is 440 g/mol. The fourth-order valence-corrected chi connectivity index (χ4v) is 6.08. The summed E-state index contributed by atoms with van der Waals surface area (Å²) >= 11 is 3.52. The molecule has 0 aliphatic heterocycles. The van der Waals surface area contributed by atoms with Gasteiger partial charge < -0.3 is 15.3 Å². The second-order valence-corrected chi connectivity index (χ2v) is 10.2. The van der Waals surface area contributed by atoms with Gasteiger partial charge in [0, 0.05) is 16.8 Å². The standard InChI is InChI=1S/C26H37BrO3/c1-18(2)21-9-8-19(17-28)14-22(21)25-23(29)15-20(16-24(25)30)26(11-5-6-12-26)10-4-3-7-13-27/h14-16,21-22,28-30H,1,3-13,17H2,2H3. The Bertz CT molecular complexity index is 753. The van der Waals surface area contributed by atoms with Crippen LogP contribution >= 0.6 is 15.9 Å². The van der Waals surface area contributed by atoms with E-state index < -0.39 is 0 Å². The van der Waals surface area contributed by atoms with Gasteiger partial charge in [0.25, 0.3) is 0 Å². The maximum atomic E-state index is 11.1. The molecule has 1 aromatic carbocycles. The Kier molecular flexibility index (Phi) is 8.09. The minimum Gasteiger partial charge on any atom is -0.507 e. The highest BCUT2D eigenvalue weighted by molar-refractivity contribution is 9.09. The zero-order chi connectivity index (χ0) is 21.7. The van der Waals surface area contributed by atoms with Crippen LogP contribution in [-0.2, 0) is 5.41 Å². The van der Waals surface area contributed by atoms with Gasteiger partial charge >= 0.3 is 0 Å². The van der Waals surface area contributed by atoms with Crippen molar-refractivity contribution in [3.8, 4) is 11.5 Å². The van der Waals surface area contributed by atoms with Crippen molar-refractivity contribution >= 4 is 15.9 Å². The smallest absolute Gasteiger partial charge is 0.123 e. The van der Waals surface area contributed by atoms with Crippen molar-refractivity contribution in [2.75, 3.05) is 11.9 Å². The van der Waals surface area contributed by atoms with Crippen LogP contribution in [0.15, 0.2) is 35.9 Å². The van der Waals surface area contributed by atoms with Crippen LogP contribution in [0, 0.1) is 5.92 Å². The average Bonchev–Trinajstić information content (AvgIpc) is 3.20. The molecule has 2 unspecified atom stereocenters. The van der Waals surface area contributed by atoms with Gasteiger partial charge in [-0.25, -0.2) is 0 Å². The predicted octanol–water partition coefficient (Wildman–Crippen LogP) is 6.85. The maximum Gasteiger partial charge on any atom is 0.123 e. The first-order chi connectivity index (χ1) is 14.4. The van der Waals surface area contributed by atoms with E-state index in [4.69, 9.17) is 0 Å². The van der Waals surface area contributed by atoms with Gasteiger partial charge in [0.15, 0.2) is 0 Å². The molecule has 3 nitrogen and oxygen atoms in total. The second-order valence-electron chi connectivity index (χ2n) is 9.42. The third kappa shape index (κ3) is 4.96. The molecule has 0 amide bonds. The fraction of sp³-hybridized carbons (Fsp3) is 0.615. The first kappa shape index (κ1) is 23.4. The summed E-state index contributed by atoms with van der Waals surface area (Å²) in [4.78, 5) is 0. The van der Waals surface area contributed by atoms with Crippen molar-refractivity contribution in [2.24, 2.45) is 5.92 Å². The minimum absolute atomic E-state index is 0.0243. The van der Waals surface area contributed by atoms with E-state index in [9.17, 15) is 15.3 Å². The third-order valence-corrected chi connectivity index (χ3v) is 7.95. The topological polar surface area (TPSA) is 60.7 Å². The molecule has 1 fully saturated rings. The molecule has 1 saturated carbocycles. The summed E-state index contributed by atoms with van der Waals surface area (Å²) in [5.74, 6) is 0.380. The summed E-state index contributed by atoms with van der Waals surface area (Å²) in [6.45, 7) is 6.18. The first-order valence-electron chi connectivity index (χ1n) is 11.5. The Hall–Kier alpha value is -1.26. The highest BCUT2D eigenvalue weighted by Crippen LogP contribution is 2.51. The van der Waals surface area contributed by atoms with Crippen LogP contribution < -0.4 is 0 Å². The molecule has 2 aliphatic rings. The van der Waals surface area contributed by atoms with E-state index in [-0.39, 0.29) is 35.4 Å². The SMILES string of the molecule is C=C(C)C1CCC(CO)=CC1c1c(O)cc(C2(CCCCCBr)CCCC2)cc1O. The average molecular weight is 477 g/mol. The van der Waals surface area contributed by atoms with E-state index >= 15 is 0 Å². The lowest BCUT2D eigenvalue weighted by Gasteiger charge is -2.34. The third-order valence-electron chi connectivity index (χ3n) is 7.39. The molecule has 3 rings (SSSR count). The van der Waals surface area contributed by atoms with Gasteiger partial charge in [0.2, 0.25) is 0 Å². The number of hydrogen-bond donors (Lipinski definition) is 3. The Morgan fingerprint density at radius 2 is 1.80 bits per heavy atom. The predicted molar refractivity (Wildman–Crippen MR) is 128 cm³/mol. The fourth-order valence-electron chi connectivity index (χ4n) is 5.68. The van der Waals surface area contributed by atoms with Crippen molar-refractivity contribution in [3.05, 3.63) is 47.1 Å². The van der Waals surface area contributed by atoms with Crippen LogP contribution in [0.1, 0.15) is 88.2 Å². The second kappa shape index (κ2) is 10.4. The van der Waals surface area contributed by atoms with E-state index in [1.165, 1.54) is 32.1 Å². The Morgan fingerprint density at radius 1 is 1.13 bits per heavy atom. The number of halogens is 1. The van der Waals surface area contributed by atoms with Gasteiger partial charge in [-0.3, -0.25) is 0 Å². The molecule has 1 aromatic rings.